The highest BCUT2D eigenvalue weighted by molar-refractivity contribution is 6.05. The summed E-state index contributed by atoms with van der Waals surface area (Å²) in [5, 5.41) is 8.74. The fraction of sp³-hybridized carbons (Fsp3) is 0.250. The van der Waals surface area contributed by atoms with Gasteiger partial charge < -0.3 is 5.32 Å². The second kappa shape index (κ2) is 9.61. The molecule has 0 radical (unpaired) electrons. The molecule has 6 nitrogen and oxygen atoms in total. The van der Waals surface area contributed by atoms with Crippen LogP contribution in [-0.2, 0) is 6.54 Å². The lowest BCUT2D eigenvalue weighted by Gasteiger charge is -2.32. The Morgan fingerprint density at radius 3 is 2.38 bits per heavy atom. The van der Waals surface area contributed by atoms with E-state index < -0.39 is 0 Å². The average molecular weight is 453 g/mol. The molecule has 0 unspecified atom stereocenters. The van der Waals surface area contributed by atoms with Gasteiger partial charge in [0.05, 0.1) is 11.1 Å². The van der Waals surface area contributed by atoms with Crippen molar-refractivity contribution in [3.05, 3.63) is 106 Å². The van der Waals surface area contributed by atoms with Crippen molar-refractivity contribution in [2.45, 2.75) is 32.4 Å². The van der Waals surface area contributed by atoms with Crippen molar-refractivity contribution in [2.24, 2.45) is 0 Å². The molecule has 1 aromatic heterocycles. The number of benzene rings is 3. The first kappa shape index (κ1) is 22.0. The lowest BCUT2D eigenvalue weighted by Crippen LogP contribution is -2.45. The molecule has 4 aromatic rings. The number of nitrogens with one attached hydrogen (secondary N) is 1. The average Bonchev–Trinajstić information content (AvgIpc) is 2.86. The number of carbonyl (C=O) groups is 1. The Morgan fingerprint density at radius 1 is 0.941 bits per heavy atom. The van der Waals surface area contributed by atoms with Crippen molar-refractivity contribution in [1.82, 2.24) is 20.0 Å². The van der Waals surface area contributed by atoms with Crippen molar-refractivity contribution in [3.8, 4) is 5.69 Å². The lowest BCUT2D eigenvalue weighted by atomic mass is 10.0. The molecule has 0 spiro atoms. The summed E-state index contributed by atoms with van der Waals surface area (Å²) in [7, 11) is 0. The minimum absolute atomic E-state index is 0.0823. The monoisotopic (exact) mass is 452 g/mol. The molecule has 0 atom stereocenters. The first-order chi connectivity index (χ1) is 16.6. The molecule has 1 amide bonds. The molecular weight excluding hydrogens is 424 g/mol. The van der Waals surface area contributed by atoms with Gasteiger partial charge in [-0.3, -0.25) is 14.5 Å². The van der Waals surface area contributed by atoms with Gasteiger partial charge in [0.1, 0.15) is 0 Å². The standard InChI is InChI=1S/C28H28N4O2/c1-20-8-7-9-21(18-20)19-31-16-14-22(15-17-31)29-27(33)26-24-12-5-6-13-25(24)28(34)32(30-26)23-10-3-2-4-11-23/h2-13,18,22H,14-17,19H2,1H3,(H,29,33). The normalized spacial score (nSPS) is 14.9. The molecular formula is C28H28N4O2. The Kier molecular flexibility index (Phi) is 6.23. The maximum atomic E-state index is 13.3. The number of fused-ring (bicyclic) bond motifs is 1. The zero-order chi connectivity index (χ0) is 23.5. The Balaban J connectivity index is 1.33. The van der Waals surface area contributed by atoms with Crippen LogP contribution in [0.1, 0.15) is 34.5 Å². The third-order valence-electron chi connectivity index (χ3n) is 6.43. The number of para-hydroxylation sites is 1. The summed E-state index contributed by atoms with van der Waals surface area (Å²) in [6, 6.07) is 25.1. The van der Waals surface area contributed by atoms with Crippen molar-refractivity contribution < 1.29 is 4.79 Å². The van der Waals surface area contributed by atoms with Gasteiger partial charge in [-0.1, -0.05) is 66.2 Å². The van der Waals surface area contributed by atoms with Crippen molar-refractivity contribution in [2.75, 3.05) is 13.1 Å². The van der Waals surface area contributed by atoms with Crippen LogP contribution in [0.4, 0.5) is 0 Å². The third kappa shape index (κ3) is 4.63. The molecule has 1 aliphatic heterocycles. The van der Waals surface area contributed by atoms with E-state index in [4.69, 9.17) is 0 Å². The maximum absolute atomic E-state index is 13.3. The minimum atomic E-state index is -0.238. The van der Waals surface area contributed by atoms with Gasteiger partial charge in [-0.05, 0) is 43.5 Å². The number of rotatable bonds is 5. The van der Waals surface area contributed by atoms with Crippen LogP contribution < -0.4 is 10.9 Å². The molecule has 3 aromatic carbocycles. The van der Waals surface area contributed by atoms with Gasteiger partial charge in [-0.15, -0.1) is 0 Å². The maximum Gasteiger partial charge on any atom is 0.279 e. The largest absolute Gasteiger partial charge is 0.348 e. The molecule has 1 fully saturated rings. The number of aromatic nitrogens is 2. The van der Waals surface area contributed by atoms with E-state index in [1.54, 1.807) is 12.1 Å². The van der Waals surface area contributed by atoms with Crippen LogP contribution in [0.5, 0.6) is 0 Å². The SMILES string of the molecule is Cc1cccc(CN2CCC(NC(=O)c3nn(-c4ccccc4)c(=O)c4ccccc34)CC2)c1. The second-order valence-corrected chi connectivity index (χ2v) is 8.96. The summed E-state index contributed by atoms with van der Waals surface area (Å²) >= 11 is 0. The highest BCUT2D eigenvalue weighted by Gasteiger charge is 2.24. The minimum Gasteiger partial charge on any atom is -0.348 e. The van der Waals surface area contributed by atoms with Crippen LogP contribution in [0.25, 0.3) is 16.5 Å². The number of piperidine rings is 1. The lowest BCUT2D eigenvalue weighted by molar-refractivity contribution is 0.0904. The first-order valence-electron chi connectivity index (χ1n) is 11.7. The van der Waals surface area contributed by atoms with E-state index in [9.17, 15) is 9.59 Å². The fourth-order valence-corrected chi connectivity index (χ4v) is 4.66. The van der Waals surface area contributed by atoms with Gasteiger partial charge in [-0.2, -0.15) is 9.78 Å². The fourth-order valence-electron chi connectivity index (χ4n) is 4.66. The van der Waals surface area contributed by atoms with Crippen LogP contribution in [0, 0.1) is 6.92 Å². The Labute approximate surface area is 198 Å². The van der Waals surface area contributed by atoms with E-state index >= 15 is 0 Å². The van der Waals surface area contributed by atoms with E-state index in [0.717, 1.165) is 32.5 Å². The molecule has 5 rings (SSSR count). The predicted molar refractivity (Wildman–Crippen MR) is 134 cm³/mol. The van der Waals surface area contributed by atoms with Gasteiger partial charge in [0.15, 0.2) is 5.69 Å². The van der Waals surface area contributed by atoms with Crippen LogP contribution in [0.3, 0.4) is 0 Å². The van der Waals surface area contributed by atoms with Crippen LogP contribution in [0.15, 0.2) is 83.7 Å². The van der Waals surface area contributed by atoms with Gasteiger partial charge >= 0.3 is 0 Å². The van der Waals surface area contributed by atoms with Crippen LogP contribution >= 0.6 is 0 Å². The molecule has 1 saturated heterocycles. The molecule has 0 aliphatic carbocycles. The second-order valence-electron chi connectivity index (χ2n) is 8.96. The van der Waals surface area contributed by atoms with Gasteiger partial charge in [0.2, 0.25) is 0 Å². The molecule has 1 N–H and O–H groups in total. The summed E-state index contributed by atoms with van der Waals surface area (Å²) in [5.41, 5.74) is 3.28. The summed E-state index contributed by atoms with van der Waals surface area (Å²) < 4.78 is 1.32. The number of hydrogen-bond donors (Lipinski definition) is 1. The van der Waals surface area contributed by atoms with Gasteiger partial charge in [0.25, 0.3) is 11.5 Å². The Bertz CT molecular complexity index is 1370. The van der Waals surface area contributed by atoms with Gasteiger partial charge in [-0.25, -0.2) is 0 Å². The zero-order valence-electron chi connectivity index (χ0n) is 19.3. The highest BCUT2D eigenvalue weighted by Crippen LogP contribution is 2.18. The molecule has 6 heteroatoms. The Morgan fingerprint density at radius 2 is 1.65 bits per heavy atom. The smallest absolute Gasteiger partial charge is 0.279 e. The number of likely N-dealkylation sites (tertiary alicyclic amines) is 1. The van der Waals surface area contributed by atoms with Crippen LogP contribution in [-0.4, -0.2) is 39.7 Å². The predicted octanol–water partition coefficient (Wildman–Crippen LogP) is 4.09. The van der Waals surface area contributed by atoms with E-state index in [1.807, 2.05) is 42.5 Å². The highest BCUT2D eigenvalue weighted by atomic mass is 16.2. The summed E-state index contributed by atoms with van der Waals surface area (Å²) in [5.74, 6) is -0.238. The van der Waals surface area contributed by atoms with E-state index in [-0.39, 0.29) is 23.2 Å². The quantitative estimate of drug-likeness (QED) is 0.495. The number of carbonyl (C=O) groups excluding carboxylic acids is 1. The molecule has 2 heterocycles. The van der Waals surface area contributed by atoms with E-state index in [2.05, 4.69) is 46.5 Å². The summed E-state index contributed by atoms with van der Waals surface area (Å²) in [6.07, 6.45) is 1.77. The number of amides is 1. The summed E-state index contributed by atoms with van der Waals surface area (Å²) in [4.78, 5) is 28.8. The molecule has 1 aliphatic rings. The molecule has 0 bridgehead atoms. The van der Waals surface area contributed by atoms with Gasteiger partial charge in [0, 0.05) is 31.1 Å². The molecule has 34 heavy (non-hydrogen) atoms. The number of aryl methyl sites for hydroxylation is 1. The molecule has 0 saturated carbocycles. The van der Waals surface area contributed by atoms with Crippen molar-refractivity contribution in [1.29, 1.82) is 0 Å². The van der Waals surface area contributed by atoms with Crippen LogP contribution in [0.2, 0.25) is 0 Å². The van der Waals surface area contributed by atoms with Crippen molar-refractivity contribution >= 4 is 16.7 Å². The third-order valence-corrected chi connectivity index (χ3v) is 6.43. The van der Waals surface area contributed by atoms with E-state index in [0.29, 0.717) is 16.5 Å². The first-order valence-corrected chi connectivity index (χ1v) is 11.7. The molecule has 172 valence electrons. The zero-order valence-corrected chi connectivity index (χ0v) is 19.3. The van der Waals surface area contributed by atoms with Crippen molar-refractivity contribution in [3.63, 3.8) is 0 Å². The summed E-state index contributed by atoms with van der Waals surface area (Å²) in [6.45, 7) is 4.90. The van der Waals surface area contributed by atoms with E-state index in [1.165, 1.54) is 15.8 Å². The number of nitrogens with zero attached hydrogens (tertiary/aromatic N) is 3. The topological polar surface area (TPSA) is 67.2 Å². The number of hydrogen-bond acceptors (Lipinski definition) is 4. The Hall–Kier alpha value is -3.77.